The summed E-state index contributed by atoms with van der Waals surface area (Å²) in [4.78, 5) is 28.6. The predicted molar refractivity (Wildman–Crippen MR) is 608 cm³/mol. The van der Waals surface area contributed by atoms with E-state index >= 15 is 0 Å². The number of benzene rings is 9. The first-order chi connectivity index (χ1) is 66.4. The lowest BCUT2D eigenvalue weighted by Crippen LogP contribution is -2.62. The predicted octanol–water partition coefficient (Wildman–Crippen LogP) is 29.3. The van der Waals surface area contributed by atoms with Crippen molar-refractivity contribution in [1.29, 1.82) is 0 Å². The van der Waals surface area contributed by atoms with E-state index in [0.29, 0.717) is 11.8 Å². The smallest absolute Gasteiger partial charge is 0.251 e. The molecule has 21 rings (SSSR count). The second-order valence-corrected chi connectivity index (χ2v) is 51.9. The van der Waals surface area contributed by atoms with Crippen LogP contribution in [0.5, 0.6) is 0 Å². The van der Waals surface area contributed by atoms with Gasteiger partial charge in [-0.05, 0) is 311 Å². The number of aliphatic imine (C=N–C) groups is 2. The second-order valence-electron chi connectivity index (χ2n) is 51.9. The van der Waals surface area contributed by atoms with Gasteiger partial charge in [-0.1, -0.05) is 343 Å². The lowest BCUT2D eigenvalue weighted by atomic mass is 9.29. The molecule has 1 N–H and O–H groups in total. The van der Waals surface area contributed by atoms with Crippen LogP contribution >= 0.6 is 0 Å². The van der Waals surface area contributed by atoms with Crippen molar-refractivity contribution in [1.82, 2.24) is 5.32 Å². The van der Waals surface area contributed by atoms with Gasteiger partial charge in [0.05, 0.1) is 18.1 Å². The third kappa shape index (κ3) is 16.7. The van der Waals surface area contributed by atoms with E-state index in [4.69, 9.17) is 9.98 Å². The van der Waals surface area contributed by atoms with Crippen LogP contribution in [0.2, 0.25) is 0 Å². The minimum atomic E-state index is -0.610. The van der Waals surface area contributed by atoms with Gasteiger partial charge in [0.1, 0.15) is 12.0 Å². The lowest BCUT2D eigenvalue weighted by Gasteiger charge is -2.53. The summed E-state index contributed by atoms with van der Waals surface area (Å²) in [6.07, 6.45) is 34.8. The number of allylic oxidation sites excluding steroid dienone is 15. The molecule has 718 valence electrons. The van der Waals surface area contributed by atoms with Gasteiger partial charge in [-0.15, -0.1) is 0 Å². The van der Waals surface area contributed by atoms with Crippen LogP contribution in [0.4, 0.5) is 56.9 Å². The molecule has 7 heterocycles. The summed E-state index contributed by atoms with van der Waals surface area (Å²) in [7, 11) is 0. The molecule has 0 saturated carbocycles. The first kappa shape index (κ1) is 95.2. The number of hydrogen-bond acceptors (Lipinski definition) is 9. The standard InChI is InChI=1S/C129H148B3N9/c1-79(121(3,4)5)39-40-80(2)136-103-70-54-89(127(21,22)23)76-100(103)130-97-73-81(41-67-104(97)137(110-34-30-33-109(136)115(110)130)92-57-44-84(45-58-92)122(6,7)8)118-133-119(82-42-68-105-98(74-82)131-101-77-90(128(24,25)26)55-71-107(101)140(95-63-50-87(51-64-95)125(15,16)17)113-37-31-35-111(116(113)131)138(105)93-59-46-85(47-60-93)123(9,10)11)135-120(134-118)83-43-69-106-99(75-83)132-102-78-91(129(27,28)29)56-72-108(102)141(96-65-52-88(53-66-96)126(18,19)20)114-38-32-36-112(117(114)132)139(106)94-61-48-86(49-62-94)124(12,13)14/h30-32,34-37,39-54,56-61,63-70,72-77,91,94,109,114,118H,33,38,55,62,71,78H2,1-29H3,(H,133,134,135)/b79-39+,80-40+. The molecule has 0 aromatic heterocycles. The minimum Gasteiger partial charge on any atom is -0.344 e. The zero-order chi connectivity index (χ0) is 99.7. The van der Waals surface area contributed by atoms with Crippen LogP contribution in [-0.4, -0.2) is 49.9 Å². The maximum atomic E-state index is 6.28. The molecule has 9 aromatic carbocycles. The molecule has 0 spiro atoms. The monoisotopic (exact) mass is 1860 g/mol. The van der Waals surface area contributed by atoms with Gasteiger partial charge in [-0.2, -0.15) is 0 Å². The highest BCUT2D eigenvalue weighted by atomic mass is 15.2. The van der Waals surface area contributed by atoms with Gasteiger partial charge in [0.25, 0.3) is 6.71 Å². The van der Waals surface area contributed by atoms with Crippen molar-refractivity contribution >= 4 is 116 Å². The molecule has 12 heteroatoms. The van der Waals surface area contributed by atoms with Gasteiger partial charge in [0.15, 0.2) is 5.84 Å². The fourth-order valence-electron chi connectivity index (χ4n) is 24.4. The topological polar surface area (TPSA) is 56.2 Å². The summed E-state index contributed by atoms with van der Waals surface area (Å²) in [6.45, 7) is 68.1. The molecule has 0 amide bonds. The Labute approximate surface area is 845 Å². The molecular formula is C129H148B3N9. The molecule has 141 heavy (non-hydrogen) atoms. The van der Waals surface area contributed by atoms with Gasteiger partial charge in [-0.25, -0.2) is 9.98 Å². The highest BCUT2D eigenvalue weighted by Gasteiger charge is 2.54. The molecule has 5 aliphatic carbocycles. The highest BCUT2D eigenvalue weighted by molar-refractivity contribution is 6.96. The number of hydrogen-bond donors (Lipinski definition) is 1. The summed E-state index contributed by atoms with van der Waals surface area (Å²) >= 11 is 0. The van der Waals surface area contributed by atoms with Crippen molar-refractivity contribution in [2.45, 2.75) is 291 Å². The zero-order valence-corrected chi connectivity index (χ0v) is 89.8. The summed E-state index contributed by atoms with van der Waals surface area (Å²) < 4.78 is 0. The molecule has 9 nitrogen and oxygen atoms in total. The van der Waals surface area contributed by atoms with E-state index in [9.17, 15) is 0 Å². The molecule has 5 unspecified atom stereocenters. The van der Waals surface area contributed by atoms with Crippen LogP contribution in [0.15, 0.2) is 338 Å². The first-order valence-electron chi connectivity index (χ1n) is 52.7. The minimum absolute atomic E-state index is 0.000725. The van der Waals surface area contributed by atoms with E-state index in [1.165, 1.54) is 168 Å². The van der Waals surface area contributed by atoms with E-state index in [0.717, 1.165) is 72.4 Å². The summed E-state index contributed by atoms with van der Waals surface area (Å²) in [6, 6.07) is 75.2. The maximum absolute atomic E-state index is 6.28. The van der Waals surface area contributed by atoms with Crippen LogP contribution in [0.3, 0.4) is 0 Å². The average Bonchev–Trinajstić information content (AvgIpc) is 0.701. The van der Waals surface area contributed by atoms with Crippen LogP contribution in [-0.2, 0) is 27.1 Å². The van der Waals surface area contributed by atoms with Crippen molar-refractivity contribution in [2.75, 3.05) is 29.4 Å². The first-order valence-corrected chi connectivity index (χ1v) is 52.7. The second kappa shape index (κ2) is 33.8. The van der Waals surface area contributed by atoms with Gasteiger partial charge in [0, 0.05) is 96.5 Å². The van der Waals surface area contributed by atoms with E-state index in [1.54, 1.807) is 0 Å². The molecule has 5 atom stereocenters. The van der Waals surface area contributed by atoms with Gasteiger partial charge < -0.3 is 34.7 Å². The van der Waals surface area contributed by atoms with Crippen LogP contribution in [0.1, 0.15) is 290 Å². The number of fused-ring (bicyclic) bond motifs is 10. The number of amidine groups is 2. The lowest BCUT2D eigenvalue weighted by molar-refractivity contribution is 0.290. The van der Waals surface area contributed by atoms with Gasteiger partial charge in [-0.3, -0.25) is 0 Å². The van der Waals surface area contributed by atoms with Crippen molar-refractivity contribution in [2.24, 2.45) is 37.6 Å². The average molecular weight is 1860 g/mol. The quantitative estimate of drug-likeness (QED) is 0.108. The number of nitrogens with one attached hydrogen (secondary N) is 1. The molecular weight excluding hydrogens is 1710 g/mol. The molecule has 0 bridgehead atoms. The molecule has 7 aliphatic heterocycles. The third-order valence-electron chi connectivity index (χ3n) is 33.2. The SMILES string of the molecule is C/C(=C\C=C(/C)C(C)(C)C)N1c2ccc(C(C)(C)C)cc2B2C3=C(C=CCC31)N(c1ccc(C(C)(C)C)cc1)c1ccc(C3N=C(c4ccc5c(c4)B4C6=C(C=CC(C(C)(C)C)C6)N(c6ccc(C(C)(C)C)cc6)C6CC=CC(=C46)N5C4C=CC(C(C)(C)C)=CC4)N=C(c4ccc5c(c4)B4C6=C(CCC(C(C)(C)C)=C6)N(c6ccc(C(C)(C)C)cc6)c6cccc(c64)N5c4ccc(C(C)(C)C)cc4)N3)cc12. The Morgan fingerprint density at radius 3 is 1.52 bits per heavy atom. The highest BCUT2D eigenvalue weighted by Crippen LogP contribution is 2.55. The summed E-state index contributed by atoms with van der Waals surface area (Å²) in [5.41, 5.74) is 44.3. The largest absolute Gasteiger partial charge is 0.344 e. The number of nitrogens with zero attached hydrogens (tertiary/aromatic N) is 8. The fourth-order valence-corrected chi connectivity index (χ4v) is 24.4. The molecule has 0 saturated heterocycles. The maximum Gasteiger partial charge on any atom is 0.251 e. The molecule has 9 aromatic rings. The van der Waals surface area contributed by atoms with E-state index < -0.39 is 6.17 Å². The molecule has 0 radical (unpaired) electrons. The Hall–Kier alpha value is -12.0. The number of anilines is 10. The third-order valence-corrected chi connectivity index (χ3v) is 33.2. The van der Waals surface area contributed by atoms with Crippen LogP contribution in [0, 0.1) is 27.6 Å². The van der Waals surface area contributed by atoms with Crippen molar-refractivity contribution in [3.63, 3.8) is 0 Å². The van der Waals surface area contributed by atoms with Crippen LogP contribution < -0.4 is 62.0 Å². The fraction of sp³-hybridized carbons (Fsp3) is 0.380. The van der Waals surface area contributed by atoms with E-state index in [2.05, 4.69) is 496 Å². The van der Waals surface area contributed by atoms with Gasteiger partial charge >= 0.3 is 0 Å². The normalized spacial score (nSPS) is 20.8. The van der Waals surface area contributed by atoms with E-state index in [1.807, 2.05) is 0 Å². The van der Waals surface area contributed by atoms with Crippen molar-refractivity contribution in [3.05, 3.63) is 373 Å². The Bertz CT molecular complexity index is 7110. The van der Waals surface area contributed by atoms with Crippen molar-refractivity contribution in [3.8, 4) is 0 Å². The number of rotatable bonds is 10. The summed E-state index contributed by atoms with van der Waals surface area (Å²) in [5, 5.41) is 4.33. The van der Waals surface area contributed by atoms with E-state index in [-0.39, 0.29) is 87.0 Å². The van der Waals surface area contributed by atoms with Gasteiger partial charge in [0.2, 0.25) is 13.4 Å². The molecule has 0 fully saturated rings. The summed E-state index contributed by atoms with van der Waals surface area (Å²) in [5.74, 6) is 1.80. The van der Waals surface area contributed by atoms with Crippen LogP contribution in [0.25, 0.3) is 0 Å². The van der Waals surface area contributed by atoms with Crippen molar-refractivity contribution < 1.29 is 0 Å². The molecule has 12 aliphatic rings. The Morgan fingerprint density at radius 2 is 0.929 bits per heavy atom. The Kier molecular flexibility index (Phi) is 22.8. The zero-order valence-electron chi connectivity index (χ0n) is 89.8. The Balaban J connectivity index is 0.812. The Morgan fingerprint density at radius 1 is 0.411 bits per heavy atom.